The highest BCUT2D eigenvalue weighted by molar-refractivity contribution is 7.07. The van der Waals surface area contributed by atoms with E-state index in [2.05, 4.69) is 26.5 Å². The van der Waals surface area contributed by atoms with Gasteiger partial charge in [0, 0.05) is 11.6 Å². The number of rotatable bonds is 4. The van der Waals surface area contributed by atoms with Crippen molar-refractivity contribution < 1.29 is 4.39 Å². The molecule has 0 amide bonds. The third kappa shape index (κ3) is 4.15. The van der Waals surface area contributed by atoms with Crippen LogP contribution in [0.1, 0.15) is 5.69 Å². The van der Waals surface area contributed by atoms with Gasteiger partial charge in [-0.2, -0.15) is 0 Å². The topological polar surface area (TPSA) is 76.5 Å². The SMILES string of the molecule is C=C/C=C/C(=Nc1ccncc1F)N=C(N)c1cscn1. The number of hydrogen-bond acceptors (Lipinski definition) is 4. The van der Waals surface area contributed by atoms with Gasteiger partial charge in [0.2, 0.25) is 0 Å². The molecule has 106 valence electrons. The molecule has 2 aromatic rings. The van der Waals surface area contributed by atoms with Crippen LogP contribution >= 0.6 is 11.3 Å². The molecule has 7 heteroatoms. The largest absolute Gasteiger partial charge is 0.382 e. The van der Waals surface area contributed by atoms with Crippen molar-refractivity contribution >= 4 is 28.7 Å². The lowest BCUT2D eigenvalue weighted by Crippen LogP contribution is -2.15. The fraction of sp³-hybridized carbons (Fsp3) is 0. The minimum atomic E-state index is -0.538. The van der Waals surface area contributed by atoms with Crippen molar-refractivity contribution in [2.45, 2.75) is 0 Å². The zero-order chi connectivity index (χ0) is 15.1. The van der Waals surface area contributed by atoms with E-state index in [4.69, 9.17) is 5.73 Å². The molecule has 0 radical (unpaired) electrons. The summed E-state index contributed by atoms with van der Waals surface area (Å²) >= 11 is 1.41. The molecule has 0 fully saturated rings. The minimum absolute atomic E-state index is 0.128. The molecule has 0 aliphatic carbocycles. The first-order valence-electron chi connectivity index (χ1n) is 5.90. The number of halogens is 1. The Labute approximate surface area is 125 Å². The Kier molecular flexibility index (Phi) is 5.05. The highest BCUT2D eigenvalue weighted by atomic mass is 32.1. The monoisotopic (exact) mass is 301 g/mol. The molecule has 0 aromatic carbocycles. The minimum Gasteiger partial charge on any atom is -0.382 e. The van der Waals surface area contributed by atoms with Gasteiger partial charge in [-0.15, -0.1) is 11.3 Å². The molecule has 0 saturated heterocycles. The molecule has 2 heterocycles. The molecule has 0 bridgehead atoms. The van der Waals surface area contributed by atoms with Crippen LogP contribution in [-0.2, 0) is 0 Å². The second-order valence-electron chi connectivity index (χ2n) is 3.76. The summed E-state index contributed by atoms with van der Waals surface area (Å²) in [5.74, 6) is -0.0897. The summed E-state index contributed by atoms with van der Waals surface area (Å²) in [5.41, 5.74) is 8.18. The fourth-order valence-corrected chi connectivity index (χ4v) is 1.90. The maximum atomic E-state index is 13.6. The summed E-state index contributed by atoms with van der Waals surface area (Å²) in [6, 6.07) is 1.45. The Bertz CT molecular complexity index is 704. The van der Waals surface area contributed by atoms with Gasteiger partial charge >= 0.3 is 0 Å². The molecule has 5 nitrogen and oxygen atoms in total. The van der Waals surface area contributed by atoms with E-state index in [9.17, 15) is 4.39 Å². The molecule has 21 heavy (non-hydrogen) atoms. The number of nitrogens with zero attached hydrogens (tertiary/aromatic N) is 4. The van der Waals surface area contributed by atoms with Crippen LogP contribution in [0.3, 0.4) is 0 Å². The first kappa shape index (κ1) is 14.7. The number of aromatic nitrogens is 2. The normalized spacial score (nSPS) is 12.8. The van der Waals surface area contributed by atoms with E-state index in [-0.39, 0.29) is 17.4 Å². The number of hydrogen-bond donors (Lipinski definition) is 1. The maximum absolute atomic E-state index is 13.6. The number of nitrogens with two attached hydrogens (primary N) is 1. The Morgan fingerprint density at radius 1 is 1.48 bits per heavy atom. The number of pyridine rings is 1. The Hall–Kier alpha value is -2.67. The molecule has 0 aliphatic rings. The lowest BCUT2D eigenvalue weighted by Gasteiger charge is -1.99. The predicted molar refractivity (Wildman–Crippen MR) is 83.5 cm³/mol. The number of allylic oxidation sites excluding steroid dienone is 2. The van der Waals surface area contributed by atoms with Crippen molar-refractivity contribution in [3.63, 3.8) is 0 Å². The van der Waals surface area contributed by atoms with Crippen LogP contribution in [-0.4, -0.2) is 21.6 Å². The smallest absolute Gasteiger partial charge is 0.167 e. The van der Waals surface area contributed by atoms with Gasteiger partial charge in [-0.3, -0.25) is 4.98 Å². The average molecular weight is 301 g/mol. The summed E-state index contributed by atoms with van der Waals surface area (Å²) in [6.07, 6.45) is 7.31. The molecule has 0 aliphatic heterocycles. The number of thiazole rings is 1. The molecular weight excluding hydrogens is 289 g/mol. The first-order valence-corrected chi connectivity index (χ1v) is 6.85. The quantitative estimate of drug-likeness (QED) is 0.536. The highest BCUT2D eigenvalue weighted by Gasteiger charge is 2.04. The summed E-state index contributed by atoms with van der Waals surface area (Å²) in [6.45, 7) is 3.57. The van der Waals surface area contributed by atoms with E-state index in [1.165, 1.54) is 23.6 Å². The van der Waals surface area contributed by atoms with Crippen molar-refractivity contribution in [1.82, 2.24) is 9.97 Å². The fourth-order valence-electron chi connectivity index (χ4n) is 1.36. The van der Waals surface area contributed by atoms with E-state index in [1.54, 1.807) is 29.1 Å². The van der Waals surface area contributed by atoms with Gasteiger partial charge in [-0.05, 0) is 12.1 Å². The van der Waals surface area contributed by atoms with Gasteiger partial charge in [-0.1, -0.05) is 18.7 Å². The van der Waals surface area contributed by atoms with Gasteiger partial charge < -0.3 is 5.73 Å². The summed E-state index contributed by atoms with van der Waals surface area (Å²) < 4.78 is 13.6. The van der Waals surface area contributed by atoms with Crippen molar-refractivity contribution in [3.8, 4) is 0 Å². The van der Waals surface area contributed by atoms with E-state index >= 15 is 0 Å². The number of amidine groups is 2. The predicted octanol–water partition coefficient (Wildman–Crippen LogP) is 2.85. The maximum Gasteiger partial charge on any atom is 0.167 e. The van der Waals surface area contributed by atoms with E-state index in [1.807, 2.05) is 0 Å². The molecule has 2 N–H and O–H groups in total. The van der Waals surface area contributed by atoms with Gasteiger partial charge in [-0.25, -0.2) is 19.4 Å². The van der Waals surface area contributed by atoms with Crippen LogP contribution < -0.4 is 5.73 Å². The van der Waals surface area contributed by atoms with E-state index in [0.29, 0.717) is 5.69 Å². The number of aliphatic imine (C=N–C) groups is 2. The summed E-state index contributed by atoms with van der Waals surface area (Å²) in [4.78, 5) is 16.0. The van der Waals surface area contributed by atoms with Crippen molar-refractivity contribution in [2.75, 3.05) is 0 Å². The third-order valence-electron chi connectivity index (χ3n) is 2.30. The molecule has 0 spiro atoms. The van der Waals surface area contributed by atoms with Crippen molar-refractivity contribution in [3.05, 3.63) is 65.7 Å². The second-order valence-corrected chi connectivity index (χ2v) is 4.48. The first-order chi connectivity index (χ1) is 10.2. The Balaban J connectivity index is 2.40. The van der Waals surface area contributed by atoms with Crippen LogP contribution in [0, 0.1) is 5.82 Å². The van der Waals surface area contributed by atoms with E-state index in [0.717, 1.165) is 6.20 Å². The van der Waals surface area contributed by atoms with E-state index < -0.39 is 5.82 Å². The van der Waals surface area contributed by atoms with Gasteiger partial charge in [0.1, 0.15) is 11.4 Å². The van der Waals surface area contributed by atoms with Crippen molar-refractivity contribution in [1.29, 1.82) is 0 Å². The summed E-state index contributed by atoms with van der Waals surface area (Å²) in [7, 11) is 0. The van der Waals surface area contributed by atoms with Crippen LogP contribution in [0.5, 0.6) is 0 Å². The molecule has 0 unspecified atom stereocenters. The van der Waals surface area contributed by atoms with Crippen LogP contribution in [0.2, 0.25) is 0 Å². The molecule has 2 rings (SSSR count). The average Bonchev–Trinajstić information content (AvgIpc) is 3.01. The molecule has 2 aromatic heterocycles. The Morgan fingerprint density at radius 2 is 2.33 bits per heavy atom. The Morgan fingerprint density at radius 3 is 3.00 bits per heavy atom. The lowest BCUT2D eigenvalue weighted by atomic mass is 10.4. The highest BCUT2D eigenvalue weighted by Crippen LogP contribution is 2.16. The van der Waals surface area contributed by atoms with Crippen molar-refractivity contribution in [2.24, 2.45) is 15.7 Å². The van der Waals surface area contributed by atoms with Gasteiger partial charge in [0.05, 0.1) is 11.7 Å². The standard InChI is InChI=1S/C14H12FN5S/c1-2-3-4-13(19-11-5-6-17-7-10(11)15)20-14(16)12-8-21-9-18-12/h2-9H,1H2,(H2,16,17,19,20)/b4-3+. The van der Waals surface area contributed by atoms with Crippen LogP contribution in [0.25, 0.3) is 0 Å². The third-order valence-corrected chi connectivity index (χ3v) is 2.88. The molecule has 0 atom stereocenters. The van der Waals surface area contributed by atoms with Crippen LogP contribution in [0.15, 0.2) is 64.1 Å². The lowest BCUT2D eigenvalue weighted by molar-refractivity contribution is 0.623. The molecular formula is C14H12FN5S. The zero-order valence-electron chi connectivity index (χ0n) is 11.0. The zero-order valence-corrected chi connectivity index (χ0v) is 11.8. The van der Waals surface area contributed by atoms with Gasteiger partial charge in [0.25, 0.3) is 0 Å². The summed E-state index contributed by atoms with van der Waals surface area (Å²) in [5, 5.41) is 1.76. The van der Waals surface area contributed by atoms with Crippen LogP contribution in [0.4, 0.5) is 10.1 Å². The van der Waals surface area contributed by atoms with Gasteiger partial charge in [0.15, 0.2) is 17.5 Å². The second kappa shape index (κ2) is 7.20. The molecule has 0 saturated carbocycles.